The molecule has 0 heterocycles. The summed E-state index contributed by atoms with van der Waals surface area (Å²) in [7, 11) is 1.51. The zero-order valence-electron chi connectivity index (χ0n) is 16.4. The third-order valence-corrected chi connectivity index (χ3v) is 3.82. The molecule has 2 rings (SSSR count). The zero-order valence-corrected chi connectivity index (χ0v) is 16.4. The summed E-state index contributed by atoms with van der Waals surface area (Å²) in [4.78, 5) is 4.73. The van der Waals surface area contributed by atoms with Crippen LogP contribution in [0.3, 0.4) is 0 Å². The molecule has 0 aliphatic carbocycles. The van der Waals surface area contributed by atoms with E-state index in [0.29, 0.717) is 19.8 Å². The van der Waals surface area contributed by atoms with Crippen LogP contribution in [0.2, 0.25) is 0 Å². The molecule has 0 aliphatic rings. The molecule has 0 fully saturated rings. The smallest absolute Gasteiger partial charge is 0.128 e. The lowest BCUT2D eigenvalue weighted by molar-refractivity contribution is 0.212. The second-order valence-electron chi connectivity index (χ2n) is 5.92. The van der Waals surface area contributed by atoms with Crippen molar-refractivity contribution in [3.05, 3.63) is 65.2 Å². The maximum atomic E-state index is 5.94. The van der Waals surface area contributed by atoms with Crippen molar-refractivity contribution in [2.75, 3.05) is 26.9 Å². The molecule has 27 heavy (non-hydrogen) atoms. The molecule has 0 radical (unpaired) electrons. The fourth-order valence-corrected chi connectivity index (χ4v) is 2.59. The van der Waals surface area contributed by atoms with Crippen LogP contribution in [0, 0.1) is 13.8 Å². The molecule has 0 spiro atoms. The molecular formula is C22H27NO4. The van der Waals surface area contributed by atoms with Crippen molar-refractivity contribution >= 4 is 6.21 Å². The van der Waals surface area contributed by atoms with Gasteiger partial charge in [0.2, 0.25) is 0 Å². The molecule has 0 saturated heterocycles. The minimum absolute atomic E-state index is 0.427. The number of oxime groups is 1. The van der Waals surface area contributed by atoms with Gasteiger partial charge in [0.1, 0.15) is 44.2 Å². The van der Waals surface area contributed by atoms with E-state index >= 15 is 0 Å². The van der Waals surface area contributed by atoms with Crippen molar-refractivity contribution in [1.29, 1.82) is 0 Å². The van der Waals surface area contributed by atoms with Crippen LogP contribution in [0.25, 0.3) is 0 Å². The molecule has 2 aromatic rings. The predicted octanol–water partition coefficient (Wildman–Crippen LogP) is 4.70. The second kappa shape index (κ2) is 10.9. The molecule has 5 heteroatoms. The summed E-state index contributed by atoms with van der Waals surface area (Å²) >= 11 is 0. The average molecular weight is 369 g/mol. The van der Waals surface area contributed by atoms with Crippen LogP contribution in [0.5, 0.6) is 17.2 Å². The first-order chi connectivity index (χ1) is 13.2. The topological polar surface area (TPSA) is 49.3 Å². The van der Waals surface area contributed by atoms with E-state index in [0.717, 1.165) is 33.9 Å². The van der Waals surface area contributed by atoms with Crippen LogP contribution in [0.4, 0.5) is 0 Å². The van der Waals surface area contributed by atoms with Gasteiger partial charge in [0, 0.05) is 5.56 Å². The van der Waals surface area contributed by atoms with Crippen molar-refractivity contribution in [3.63, 3.8) is 0 Å². The number of rotatable bonds is 10. The fourth-order valence-electron chi connectivity index (χ4n) is 2.59. The highest BCUT2D eigenvalue weighted by Gasteiger charge is 2.08. The van der Waals surface area contributed by atoms with E-state index in [4.69, 9.17) is 19.0 Å². The van der Waals surface area contributed by atoms with Gasteiger partial charge in [-0.1, -0.05) is 29.4 Å². The van der Waals surface area contributed by atoms with Crippen LogP contribution >= 0.6 is 0 Å². The summed E-state index contributed by atoms with van der Waals surface area (Å²) in [6, 6.07) is 11.6. The number of para-hydroxylation sites is 1. The fraction of sp³-hybridized carbons (Fsp3) is 0.318. The zero-order chi connectivity index (χ0) is 19.5. The first kappa shape index (κ1) is 20.4. The molecule has 0 unspecified atom stereocenters. The van der Waals surface area contributed by atoms with Gasteiger partial charge in [0.25, 0.3) is 0 Å². The third kappa shape index (κ3) is 6.37. The van der Waals surface area contributed by atoms with Crippen molar-refractivity contribution in [2.45, 2.75) is 20.8 Å². The van der Waals surface area contributed by atoms with Gasteiger partial charge in [-0.15, -0.1) is 0 Å². The van der Waals surface area contributed by atoms with Gasteiger partial charge in [-0.05, 0) is 56.2 Å². The van der Waals surface area contributed by atoms with E-state index in [1.807, 2.05) is 69.3 Å². The number of hydrogen-bond donors (Lipinski definition) is 0. The highest BCUT2D eigenvalue weighted by Crippen LogP contribution is 2.28. The van der Waals surface area contributed by atoms with Crippen LogP contribution in [-0.2, 0) is 4.84 Å². The molecular weight excluding hydrogens is 342 g/mol. The minimum Gasteiger partial charge on any atom is -0.490 e. The van der Waals surface area contributed by atoms with Crippen LogP contribution in [0.1, 0.15) is 23.6 Å². The lowest BCUT2D eigenvalue weighted by Gasteiger charge is -2.15. The van der Waals surface area contributed by atoms with Gasteiger partial charge in [0.05, 0.1) is 6.21 Å². The number of allylic oxidation sites excluding steroid dienone is 1. The number of nitrogens with zero attached hydrogens (tertiary/aromatic N) is 1. The third-order valence-electron chi connectivity index (χ3n) is 3.82. The van der Waals surface area contributed by atoms with E-state index < -0.39 is 0 Å². The summed E-state index contributed by atoms with van der Waals surface area (Å²) in [5, 5.41) is 3.78. The standard InChI is InChI=1S/C22H27NO4/c1-5-6-11-25-20-14-17(2)22(18(3)15-20)27-13-12-26-21-10-8-7-9-19(21)16-23-24-4/h5-10,14-16H,11-13H2,1-4H3/b6-5+,23-16?. The quantitative estimate of drug-likeness (QED) is 0.264. The Morgan fingerprint density at radius 3 is 2.37 bits per heavy atom. The number of hydrogen-bond acceptors (Lipinski definition) is 5. The van der Waals surface area contributed by atoms with E-state index in [1.165, 1.54) is 7.11 Å². The molecule has 2 aromatic carbocycles. The Morgan fingerprint density at radius 1 is 0.963 bits per heavy atom. The largest absolute Gasteiger partial charge is 0.490 e. The molecule has 0 aromatic heterocycles. The molecule has 0 aliphatic heterocycles. The summed E-state index contributed by atoms with van der Waals surface area (Å²) in [6.07, 6.45) is 5.56. The monoisotopic (exact) mass is 369 g/mol. The maximum absolute atomic E-state index is 5.94. The maximum Gasteiger partial charge on any atom is 0.128 e. The molecule has 0 saturated carbocycles. The van der Waals surface area contributed by atoms with E-state index in [9.17, 15) is 0 Å². The first-order valence-electron chi connectivity index (χ1n) is 8.92. The van der Waals surface area contributed by atoms with Gasteiger partial charge >= 0.3 is 0 Å². The molecule has 0 atom stereocenters. The van der Waals surface area contributed by atoms with Gasteiger partial charge < -0.3 is 19.0 Å². The van der Waals surface area contributed by atoms with E-state index in [1.54, 1.807) is 6.21 Å². The van der Waals surface area contributed by atoms with Crippen LogP contribution < -0.4 is 14.2 Å². The second-order valence-corrected chi connectivity index (χ2v) is 5.92. The van der Waals surface area contributed by atoms with Gasteiger partial charge in [0.15, 0.2) is 0 Å². The Balaban J connectivity index is 1.91. The number of ether oxygens (including phenoxy) is 3. The van der Waals surface area contributed by atoms with Crippen molar-refractivity contribution in [3.8, 4) is 17.2 Å². The van der Waals surface area contributed by atoms with E-state index in [2.05, 4.69) is 5.16 Å². The normalized spacial score (nSPS) is 11.1. The lowest BCUT2D eigenvalue weighted by atomic mass is 10.1. The predicted molar refractivity (Wildman–Crippen MR) is 108 cm³/mol. The Morgan fingerprint density at radius 2 is 1.67 bits per heavy atom. The Hall–Kier alpha value is -2.95. The van der Waals surface area contributed by atoms with Crippen molar-refractivity contribution in [1.82, 2.24) is 0 Å². The molecule has 0 N–H and O–H groups in total. The van der Waals surface area contributed by atoms with Crippen molar-refractivity contribution < 1.29 is 19.0 Å². The van der Waals surface area contributed by atoms with E-state index in [-0.39, 0.29) is 0 Å². The van der Waals surface area contributed by atoms with Crippen molar-refractivity contribution in [2.24, 2.45) is 5.16 Å². The Labute approximate surface area is 161 Å². The highest BCUT2D eigenvalue weighted by molar-refractivity contribution is 5.83. The summed E-state index contributed by atoms with van der Waals surface area (Å²) in [5.74, 6) is 2.45. The van der Waals surface area contributed by atoms with Gasteiger partial charge in [-0.3, -0.25) is 0 Å². The Bertz CT molecular complexity index is 761. The lowest BCUT2D eigenvalue weighted by Crippen LogP contribution is -2.11. The molecule has 5 nitrogen and oxygen atoms in total. The SMILES string of the molecule is C/C=C/COc1cc(C)c(OCCOc2ccccc2C=NOC)c(C)c1. The summed E-state index contributed by atoms with van der Waals surface area (Å²) in [5.41, 5.74) is 2.94. The average Bonchev–Trinajstić information content (AvgIpc) is 2.66. The summed E-state index contributed by atoms with van der Waals surface area (Å²) in [6.45, 7) is 7.44. The van der Waals surface area contributed by atoms with Crippen LogP contribution in [-0.4, -0.2) is 33.1 Å². The first-order valence-corrected chi connectivity index (χ1v) is 8.92. The van der Waals surface area contributed by atoms with Crippen LogP contribution in [0.15, 0.2) is 53.7 Å². The molecule has 0 bridgehead atoms. The number of aryl methyl sites for hydroxylation is 2. The number of benzene rings is 2. The molecule has 144 valence electrons. The summed E-state index contributed by atoms with van der Waals surface area (Å²) < 4.78 is 17.5. The minimum atomic E-state index is 0.427. The van der Waals surface area contributed by atoms with Gasteiger partial charge in [-0.2, -0.15) is 0 Å². The molecule has 0 amide bonds. The van der Waals surface area contributed by atoms with Gasteiger partial charge in [-0.25, -0.2) is 0 Å². The highest BCUT2D eigenvalue weighted by atomic mass is 16.6. The Kier molecular flexibility index (Phi) is 8.23.